The van der Waals surface area contributed by atoms with Crippen LogP contribution in [0.3, 0.4) is 0 Å². The molecule has 3 aromatic rings. The van der Waals surface area contributed by atoms with Crippen LogP contribution in [0.1, 0.15) is 11.1 Å². The van der Waals surface area contributed by atoms with E-state index < -0.39 is 38.4 Å². The topological polar surface area (TPSA) is 160 Å². The molecule has 0 saturated heterocycles. The predicted octanol–water partition coefficient (Wildman–Crippen LogP) is 3.70. The van der Waals surface area contributed by atoms with Crippen LogP contribution in [0.15, 0.2) is 57.4 Å². The molecule has 0 bridgehead atoms. The Morgan fingerprint density at radius 3 is 2.45 bits per heavy atom. The van der Waals surface area contributed by atoms with Crippen LogP contribution in [0.2, 0.25) is 0 Å². The monoisotopic (exact) mass is 502 g/mol. The van der Waals surface area contributed by atoms with Crippen LogP contribution >= 0.6 is 11.8 Å². The Bertz CT molecular complexity index is 1310. The van der Waals surface area contributed by atoms with E-state index in [0.29, 0.717) is 23.9 Å². The summed E-state index contributed by atoms with van der Waals surface area (Å²) in [5.74, 6) is -0.302. The van der Waals surface area contributed by atoms with Gasteiger partial charge in [0.15, 0.2) is 0 Å². The summed E-state index contributed by atoms with van der Waals surface area (Å²) in [6.07, 6.45) is -4.76. The third-order valence-corrected chi connectivity index (χ3v) is 6.22. The average Bonchev–Trinajstić information content (AvgIpc) is 3.13. The van der Waals surface area contributed by atoms with Crippen molar-refractivity contribution in [3.8, 4) is 0 Å². The van der Waals surface area contributed by atoms with E-state index in [1.165, 1.54) is 12.1 Å². The number of hydrogen-bond donors (Lipinski definition) is 3. The molecule has 33 heavy (non-hydrogen) atoms. The van der Waals surface area contributed by atoms with Crippen molar-refractivity contribution >= 4 is 39.5 Å². The number of aryl methyl sites for hydroxylation is 1. The van der Waals surface area contributed by atoms with Crippen LogP contribution in [-0.4, -0.2) is 34.6 Å². The minimum absolute atomic E-state index is 0.147. The first kappa shape index (κ1) is 24.0. The maximum Gasteiger partial charge on any atom is 0.416 e. The number of nitro groups is 1. The van der Waals surface area contributed by atoms with Gasteiger partial charge in [-0.05, 0) is 43.0 Å². The molecule has 16 heteroatoms. The van der Waals surface area contributed by atoms with E-state index in [4.69, 9.17) is 0 Å². The molecule has 174 valence electrons. The summed E-state index contributed by atoms with van der Waals surface area (Å²) >= 11 is 0.569. The van der Waals surface area contributed by atoms with Gasteiger partial charge in [-0.1, -0.05) is 17.7 Å². The molecular weight excluding hydrogens is 489 g/mol. The zero-order valence-corrected chi connectivity index (χ0v) is 18.0. The maximum absolute atomic E-state index is 12.8. The van der Waals surface area contributed by atoms with E-state index in [9.17, 15) is 36.5 Å². The Kier molecular flexibility index (Phi) is 6.59. The van der Waals surface area contributed by atoms with Crippen molar-refractivity contribution in [1.29, 1.82) is 0 Å². The van der Waals surface area contributed by atoms with Crippen molar-refractivity contribution in [2.75, 3.05) is 5.32 Å². The number of rotatable bonds is 6. The summed E-state index contributed by atoms with van der Waals surface area (Å²) in [6.45, 7) is 1.76. The predicted molar refractivity (Wildman–Crippen MR) is 109 cm³/mol. The molecule has 0 aliphatic heterocycles. The van der Waals surface area contributed by atoms with E-state index in [1.54, 1.807) is 23.8 Å². The van der Waals surface area contributed by atoms with Gasteiger partial charge < -0.3 is 0 Å². The Balaban J connectivity index is 1.71. The second-order valence-corrected chi connectivity index (χ2v) is 9.07. The second kappa shape index (κ2) is 9.07. The lowest BCUT2D eigenvalue weighted by atomic mass is 10.2. The molecule has 2 aromatic carbocycles. The van der Waals surface area contributed by atoms with Gasteiger partial charge in [0.25, 0.3) is 15.7 Å². The van der Waals surface area contributed by atoms with Crippen LogP contribution in [0, 0.1) is 17.0 Å². The lowest BCUT2D eigenvalue weighted by Crippen LogP contribution is -2.34. The smallest absolute Gasteiger partial charge is 0.276 e. The van der Waals surface area contributed by atoms with E-state index >= 15 is 0 Å². The van der Waals surface area contributed by atoms with Gasteiger partial charge >= 0.3 is 12.2 Å². The molecule has 3 rings (SSSR count). The number of nitrogens with one attached hydrogen (secondary N) is 3. The van der Waals surface area contributed by atoms with E-state index in [-0.39, 0.29) is 20.9 Å². The van der Waals surface area contributed by atoms with Gasteiger partial charge in [-0.15, -0.1) is 5.10 Å². The SMILES string of the molecule is Cc1ccc(S(=O)(=O)NC(=O)Nc2nc(Sc3ccc(C(F)(F)F)cc3[N+](=O)[O-])n[nH]2)cc1. The normalized spacial score (nSPS) is 11.8. The lowest BCUT2D eigenvalue weighted by Gasteiger charge is -2.07. The van der Waals surface area contributed by atoms with Crippen molar-refractivity contribution in [3.63, 3.8) is 0 Å². The van der Waals surface area contributed by atoms with Crippen molar-refractivity contribution in [2.24, 2.45) is 0 Å². The number of anilines is 1. The lowest BCUT2D eigenvalue weighted by molar-refractivity contribution is -0.388. The van der Waals surface area contributed by atoms with Crippen LogP contribution in [-0.2, 0) is 16.2 Å². The summed E-state index contributed by atoms with van der Waals surface area (Å²) in [6, 6.07) is 6.51. The number of nitro benzene ring substituents is 1. The number of aromatic amines is 1. The van der Waals surface area contributed by atoms with Crippen molar-refractivity contribution in [3.05, 3.63) is 63.7 Å². The molecule has 1 heterocycles. The minimum Gasteiger partial charge on any atom is -0.276 e. The van der Waals surface area contributed by atoms with Gasteiger partial charge in [0.1, 0.15) is 0 Å². The number of aromatic nitrogens is 3. The Morgan fingerprint density at radius 2 is 1.85 bits per heavy atom. The fraction of sp³-hybridized carbons (Fsp3) is 0.118. The second-order valence-electron chi connectivity index (χ2n) is 6.38. The zero-order chi connectivity index (χ0) is 24.4. The fourth-order valence-corrected chi connectivity index (χ4v) is 4.11. The van der Waals surface area contributed by atoms with Crippen molar-refractivity contribution in [1.82, 2.24) is 19.9 Å². The first-order valence-corrected chi connectivity index (χ1v) is 11.0. The third-order valence-electron chi connectivity index (χ3n) is 3.94. The van der Waals surface area contributed by atoms with Gasteiger partial charge in [0, 0.05) is 6.07 Å². The van der Waals surface area contributed by atoms with Crippen molar-refractivity contribution in [2.45, 2.75) is 28.0 Å². The Labute approximate surface area is 188 Å². The number of alkyl halides is 3. The summed E-state index contributed by atoms with van der Waals surface area (Å²) in [7, 11) is -4.17. The molecule has 0 atom stereocenters. The highest BCUT2D eigenvalue weighted by Crippen LogP contribution is 2.38. The minimum atomic E-state index is -4.76. The number of benzene rings is 2. The quantitative estimate of drug-likeness (QED) is 0.340. The number of carbonyl (C=O) groups excluding carboxylic acids is 1. The summed E-state index contributed by atoms with van der Waals surface area (Å²) in [5.41, 5.74) is -1.18. The molecule has 0 aliphatic rings. The molecule has 0 unspecified atom stereocenters. The number of nitrogens with zero attached hydrogens (tertiary/aromatic N) is 3. The highest BCUT2D eigenvalue weighted by molar-refractivity contribution is 7.99. The molecule has 3 N–H and O–H groups in total. The first-order chi connectivity index (χ1) is 15.3. The molecule has 0 aliphatic carbocycles. The van der Waals surface area contributed by atoms with Crippen molar-refractivity contribution < 1.29 is 31.3 Å². The van der Waals surface area contributed by atoms with Gasteiger partial charge in [-0.3, -0.25) is 15.4 Å². The molecule has 1 aromatic heterocycles. The number of carbonyl (C=O) groups is 1. The van der Waals surface area contributed by atoms with Gasteiger partial charge in [-0.2, -0.15) is 18.2 Å². The van der Waals surface area contributed by atoms with Crippen LogP contribution in [0.5, 0.6) is 0 Å². The van der Waals surface area contributed by atoms with E-state index in [2.05, 4.69) is 20.5 Å². The fourth-order valence-electron chi connectivity index (χ4n) is 2.40. The van der Waals surface area contributed by atoms with Gasteiger partial charge in [-0.25, -0.2) is 23.0 Å². The number of urea groups is 1. The number of sulfonamides is 1. The first-order valence-electron chi connectivity index (χ1n) is 8.71. The number of hydrogen-bond acceptors (Lipinski definition) is 8. The van der Waals surface area contributed by atoms with E-state index in [1.807, 2.05) is 0 Å². The number of halogens is 3. The molecule has 2 amide bonds. The van der Waals surface area contributed by atoms with Crippen LogP contribution in [0.4, 0.5) is 29.6 Å². The highest BCUT2D eigenvalue weighted by atomic mass is 32.2. The van der Waals surface area contributed by atoms with Crippen LogP contribution in [0.25, 0.3) is 0 Å². The summed E-state index contributed by atoms with van der Waals surface area (Å²) in [5, 5.41) is 19.1. The molecular formula is C17H13F3N6O5S2. The molecule has 0 fully saturated rings. The number of amides is 2. The Morgan fingerprint density at radius 1 is 1.18 bits per heavy atom. The maximum atomic E-state index is 12.8. The molecule has 11 nitrogen and oxygen atoms in total. The third kappa shape index (κ3) is 5.98. The molecule has 0 radical (unpaired) electrons. The van der Waals surface area contributed by atoms with E-state index in [0.717, 1.165) is 11.6 Å². The molecule has 0 saturated carbocycles. The standard InChI is InChI=1S/C17H13F3N6O5S2/c1-9-2-5-11(6-3-9)33(30,31)25-15(27)21-14-22-16(24-23-14)32-13-7-4-10(17(18,19)20)8-12(13)26(28)29/h2-8H,1H3,(H3,21,22,23,24,25,27). The zero-order valence-electron chi connectivity index (χ0n) is 16.4. The highest BCUT2D eigenvalue weighted by Gasteiger charge is 2.33. The largest absolute Gasteiger partial charge is 0.416 e. The average molecular weight is 502 g/mol. The van der Waals surface area contributed by atoms with Gasteiger partial charge in [0.2, 0.25) is 11.1 Å². The van der Waals surface area contributed by atoms with Crippen LogP contribution < -0.4 is 10.0 Å². The summed E-state index contributed by atoms with van der Waals surface area (Å²) in [4.78, 5) is 25.7. The summed E-state index contributed by atoms with van der Waals surface area (Å²) < 4.78 is 64.7. The number of H-pyrrole nitrogens is 1. The van der Waals surface area contributed by atoms with Gasteiger partial charge in [0.05, 0.1) is 20.3 Å². The Hall–Kier alpha value is -3.66. The molecule has 0 spiro atoms.